The molecule has 0 aromatic heterocycles. The molecule has 1 aliphatic heterocycles. The van der Waals surface area contributed by atoms with Gasteiger partial charge in [0.1, 0.15) is 0 Å². The van der Waals surface area contributed by atoms with Crippen molar-refractivity contribution in [2.45, 2.75) is 31.3 Å². The minimum Gasteiger partial charge on any atom is -0.341 e. The van der Waals surface area contributed by atoms with Crippen molar-refractivity contribution in [2.75, 3.05) is 39.2 Å². The lowest BCUT2D eigenvalue weighted by molar-refractivity contribution is -0.134. The molecule has 0 unspecified atom stereocenters. The molecule has 0 bridgehead atoms. The summed E-state index contributed by atoms with van der Waals surface area (Å²) in [4.78, 5) is 16.2. The topological polar surface area (TPSA) is 49.6 Å². The van der Waals surface area contributed by atoms with E-state index in [9.17, 15) is 4.79 Å². The van der Waals surface area contributed by atoms with Gasteiger partial charge in [0.2, 0.25) is 5.91 Å². The molecular formula is C12H25N3OS. The molecule has 1 aliphatic rings. The first-order valence-corrected chi connectivity index (χ1v) is 7.65. The van der Waals surface area contributed by atoms with E-state index in [-0.39, 0.29) is 11.9 Å². The minimum atomic E-state index is -0.307. The predicted octanol–water partition coefficient (Wildman–Crippen LogP) is 0.619. The van der Waals surface area contributed by atoms with Crippen LogP contribution in [0, 0.1) is 0 Å². The number of nitrogens with zero attached hydrogens (tertiary/aromatic N) is 2. The van der Waals surface area contributed by atoms with E-state index in [1.807, 2.05) is 11.2 Å². The van der Waals surface area contributed by atoms with E-state index in [2.05, 4.69) is 19.0 Å². The van der Waals surface area contributed by atoms with Crippen LogP contribution in [0.2, 0.25) is 0 Å². The first-order chi connectivity index (χ1) is 8.06. The summed E-state index contributed by atoms with van der Waals surface area (Å²) >= 11 is 1.74. The second-order valence-corrected chi connectivity index (χ2v) is 5.89. The zero-order chi connectivity index (χ0) is 12.8. The number of carbonyl (C=O) groups is 1. The van der Waals surface area contributed by atoms with Gasteiger partial charge in [0, 0.05) is 19.1 Å². The summed E-state index contributed by atoms with van der Waals surface area (Å²) < 4.78 is 0. The van der Waals surface area contributed by atoms with Crippen molar-refractivity contribution in [1.82, 2.24) is 9.80 Å². The number of piperidine rings is 1. The highest BCUT2D eigenvalue weighted by Gasteiger charge is 2.26. The maximum absolute atomic E-state index is 12.1. The lowest BCUT2D eigenvalue weighted by Gasteiger charge is -2.36. The third kappa shape index (κ3) is 4.48. The zero-order valence-electron chi connectivity index (χ0n) is 11.2. The molecule has 1 heterocycles. The van der Waals surface area contributed by atoms with Gasteiger partial charge >= 0.3 is 0 Å². The molecule has 1 amide bonds. The fourth-order valence-electron chi connectivity index (χ4n) is 2.21. The lowest BCUT2D eigenvalue weighted by atomic mass is 10.0. The number of carbonyl (C=O) groups excluding carboxylic acids is 1. The molecule has 1 atom stereocenters. The van der Waals surface area contributed by atoms with Crippen molar-refractivity contribution in [3.05, 3.63) is 0 Å². The Kier molecular flexibility index (Phi) is 6.30. The molecule has 0 saturated carbocycles. The summed E-state index contributed by atoms with van der Waals surface area (Å²) in [7, 11) is 4.21. The highest BCUT2D eigenvalue weighted by Crippen LogP contribution is 2.15. The summed E-state index contributed by atoms with van der Waals surface area (Å²) in [5, 5.41) is 0. The number of hydrogen-bond acceptors (Lipinski definition) is 4. The molecule has 1 rings (SSSR count). The van der Waals surface area contributed by atoms with Crippen LogP contribution < -0.4 is 5.73 Å². The van der Waals surface area contributed by atoms with Crippen LogP contribution >= 0.6 is 11.8 Å². The van der Waals surface area contributed by atoms with Gasteiger partial charge in [-0.15, -0.1) is 0 Å². The highest BCUT2D eigenvalue weighted by molar-refractivity contribution is 7.98. The third-order valence-electron chi connectivity index (χ3n) is 3.46. The van der Waals surface area contributed by atoms with E-state index >= 15 is 0 Å². The fourth-order valence-corrected chi connectivity index (χ4v) is 2.70. The van der Waals surface area contributed by atoms with Gasteiger partial charge in [0.25, 0.3) is 0 Å². The first-order valence-electron chi connectivity index (χ1n) is 6.26. The Morgan fingerprint density at radius 3 is 2.53 bits per heavy atom. The number of amides is 1. The SMILES string of the molecule is CSCC[C@@H](N)C(=O)N1CCC(N(C)C)CC1. The van der Waals surface area contributed by atoms with Gasteiger partial charge in [-0.2, -0.15) is 11.8 Å². The van der Waals surface area contributed by atoms with Gasteiger partial charge in [-0.3, -0.25) is 4.79 Å². The smallest absolute Gasteiger partial charge is 0.239 e. The van der Waals surface area contributed by atoms with Crippen molar-refractivity contribution < 1.29 is 4.79 Å². The number of hydrogen-bond donors (Lipinski definition) is 1. The second-order valence-electron chi connectivity index (χ2n) is 4.91. The molecule has 0 aromatic carbocycles. The Morgan fingerprint density at radius 1 is 1.47 bits per heavy atom. The average molecular weight is 259 g/mol. The summed E-state index contributed by atoms with van der Waals surface area (Å²) in [6.45, 7) is 1.71. The first kappa shape index (κ1) is 14.8. The molecular weight excluding hydrogens is 234 g/mol. The predicted molar refractivity (Wildman–Crippen MR) is 74.3 cm³/mol. The maximum atomic E-state index is 12.1. The van der Waals surface area contributed by atoms with Crippen molar-refractivity contribution in [1.29, 1.82) is 0 Å². The Hall–Kier alpha value is -0.260. The van der Waals surface area contributed by atoms with Crippen LogP contribution in [0.3, 0.4) is 0 Å². The molecule has 2 N–H and O–H groups in total. The molecule has 0 aliphatic carbocycles. The molecule has 5 heteroatoms. The summed E-state index contributed by atoms with van der Waals surface area (Å²) in [5.41, 5.74) is 5.91. The quantitative estimate of drug-likeness (QED) is 0.786. The lowest BCUT2D eigenvalue weighted by Crippen LogP contribution is -2.50. The van der Waals surface area contributed by atoms with E-state index in [0.717, 1.165) is 38.1 Å². The van der Waals surface area contributed by atoms with Gasteiger partial charge in [-0.25, -0.2) is 0 Å². The Labute approximate surface area is 109 Å². The van der Waals surface area contributed by atoms with Gasteiger partial charge in [-0.05, 0) is 45.4 Å². The summed E-state index contributed by atoms with van der Waals surface area (Å²) in [6, 6.07) is 0.305. The van der Waals surface area contributed by atoms with Gasteiger partial charge in [-0.1, -0.05) is 0 Å². The van der Waals surface area contributed by atoms with Crippen LogP contribution in [0.5, 0.6) is 0 Å². The fraction of sp³-hybridized carbons (Fsp3) is 0.917. The minimum absolute atomic E-state index is 0.135. The molecule has 0 spiro atoms. The molecule has 0 radical (unpaired) electrons. The Morgan fingerprint density at radius 2 is 2.06 bits per heavy atom. The van der Waals surface area contributed by atoms with E-state index < -0.39 is 0 Å². The van der Waals surface area contributed by atoms with Crippen LogP contribution in [0.4, 0.5) is 0 Å². The molecule has 4 nitrogen and oxygen atoms in total. The second kappa shape index (κ2) is 7.24. The van der Waals surface area contributed by atoms with E-state index in [0.29, 0.717) is 6.04 Å². The van der Waals surface area contributed by atoms with Crippen LogP contribution in [-0.4, -0.2) is 67.0 Å². The highest BCUT2D eigenvalue weighted by atomic mass is 32.2. The zero-order valence-corrected chi connectivity index (χ0v) is 12.0. The number of likely N-dealkylation sites (tertiary alicyclic amines) is 1. The largest absolute Gasteiger partial charge is 0.341 e. The van der Waals surface area contributed by atoms with Crippen molar-refractivity contribution in [3.63, 3.8) is 0 Å². The van der Waals surface area contributed by atoms with E-state index in [1.54, 1.807) is 11.8 Å². The third-order valence-corrected chi connectivity index (χ3v) is 4.10. The van der Waals surface area contributed by atoms with Gasteiger partial charge in [0.15, 0.2) is 0 Å². The molecule has 100 valence electrons. The average Bonchev–Trinajstić information content (AvgIpc) is 2.35. The Balaban J connectivity index is 2.35. The van der Waals surface area contributed by atoms with E-state index in [4.69, 9.17) is 5.73 Å². The standard InChI is InChI=1S/C12H25N3OS/c1-14(2)10-4-7-15(8-5-10)12(16)11(13)6-9-17-3/h10-11H,4-9,13H2,1-3H3/t11-/m1/s1. The van der Waals surface area contributed by atoms with Crippen LogP contribution in [0.15, 0.2) is 0 Å². The van der Waals surface area contributed by atoms with Crippen LogP contribution in [0.25, 0.3) is 0 Å². The monoisotopic (exact) mass is 259 g/mol. The van der Waals surface area contributed by atoms with Gasteiger partial charge in [0.05, 0.1) is 6.04 Å². The molecule has 0 aromatic rings. The van der Waals surface area contributed by atoms with Crippen LogP contribution in [0.1, 0.15) is 19.3 Å². The van der Waals surface area contributed by atoms with Gasteiger partial charge < -0.3 is 15.5 Å². The molecule has 1 saturated heterocycles. The van der Waals surface area contributed by atoms with Crippen molar-refractivity contribution in [2.24, 2.45) is 5.73 Å². The van der Waals surface area contributed by atoms with Crippen LogP contribution in [-0.2, 0) is 4.79 Å². The van der Waals surface area contributed by atoms with E-state index in [1.165, 1.54) is 0 Å². The number of nitrogens with two attached hydrogens (primary N) is 1. The Bertz CT molecular complexity index is 240. The van der Waals surface area contributed by atoms with Crippen molar-refractivity contribution in [3.8, 4) is 0 Å². The molecule has 17 heavy (non-hydrogen) atoms. The number of rotatable bonds is 5. The molecule has 1 fully saturated rings. The van der Waals surface area contributed by atoms with Crippen molar-refractivity contribution >= 4 is 17.7 Å². The maximum Gasteiger partial charge on any atom is 0.239 e. The number of thioether (sulfide) groups is 1. The summed E-state index contributed by atoms with van der Waals surface area (Å²) in [5.74, 6) is 1.09. The summed E-state index contributed by atoms with van der Waals surface area (Å²) in [6.07, 6.45) is 4.95. The normalized spacial score (nSPS) is 19.7.